The van der Waals surface area contributed by atoms with Crippen LogP contribution < -0.4 is 20.1 Å². The summed E-state index contributed by atoms with van der Waals surface area (Å²) in [5.41, 5.74) is 1.62. The number of benzene rings is 2. The first-order valence-electron chi connectivity index (χ1n) is 8.61. The van der Waals surface area contributed by atoms with Crippen LogP contribution in [0.15, 0.2) is 40.9 Å². The van der Waals surface area contributed by atoms with Gasteiger partial charge in [-0.1, -0.05) is 13.3 Å². The zero-order chi connectivity index (χ0) is 19.8. The van der Waals surface area contributed by atoms with E-state index in [4.69, 9.17) is 9.47 Å². The summed E-state index contributed by atoms with van der Waals surface area (Å²) in [6, 6.07) is 10.2. The Morgan fingerprint density at radius 1 is 1.00 bits per heavy atom. The summed E-state index contributed by atoms with van der Waals surface area (Å²) >= 11 is 3.37. The standard InChI is InChI=1S/C20H23BrN2O4/c1-4-5-6-19(24)23-16-9-8-14(12-18(16)27-3)22-20(25)13-7-10-17(26-2)15(21)11-13/h7-12H,4-6H2,1-3H3,(H,22,25)(H,23,24). The van der Waals surface area contributed by atoms with Gasteiger partial charge in [0, 0.05) is 23.7 Å². The van der Waals surface area contributed by atoms with Gasteiger partial charge in [0.2, 0.25) is 5.91 Å². The maximum absolute atomic E-state index is 12.5. The van der Waals surface area contributed by atoms with E-state index in [1.807, 2.05) is 6.92 Å². The molecule has 2 rings (SSSR count). The normalized spacial score (nSPS) is 10.2. The number of ether oxygens (including phenoxy) is 2. The molecule has 2 N–H and O–H groups in total. The third-order valence-corrected chi connectivity index (χ3v) is 4.52. The summed E-state index contributed by atoms with van der Waals surface area (Å²) in [6.45, 7) is 2.03. The molecule has 2 aromatic carbocycles. The van der Waals surface area contributed by atoms with Gasteiger partial charge in [-0.05, 0) is 52.7 Å². The third-order valence-electron chi connectivity index (χ3n) is 3.90. The predicted molar refractivity (Wildman–Crippen MR) is 110 cm³/mol. The molecule has 0 atom stereocenters. The highest BCUT2D eigenvalue weighted by molar-refractivity contribution is 9.10. The zero-order valence-corrected chi connectivity index (χ0v) is 17.2. The molecule has 6 nitrogen and oxygen atoms in total. The molecule has 27 heavy (non-hydrogen) atoms. The molecule has 144 valence electrons. The number of carbonyl (C=O) groups excluding carboxylic acids is 2. The Kier molecular flexibility index (Phi) is 7.67. The Labute approximate surface area is 167 Å². The minimum atomic E-state index is -0.264. The van der Waals surface area contributed by atoms with Crippen molar-refractivity contribution in [3.63, 3.8) is 0 Å². The van der Waals surface area contributed by atoms with Gasteiger partial charge >= 0.3 is 0 Å². The van der Waals surface area contributed by atoms with Crippen molar-refractivity contribution in [1.82, 2.24) is 0 Å². The minimum absolute atomic E-state index is 0.0602. The van der Waals surface area contributed by atoms with Crippen molar-refractivity contribution in [2.75, 3.05) is 24.9 Å². The first-order chi connectivity index (χ1) is 13.0. The largest absolute Gasteiger partial charge is 0.496 e. The highest BCUT2D eigenvalue weighted by Gasteiger charge is 2.12. The van der Waals surface area contributed by atoms with Gasteiger partial charge < -0.3 is 20.1 Å². The predicted octanol–water partition coefficient (Wildman–Crippen LogP) is 4.85. The van der Waals surface area contributed by atoms with Gasteiger partial charge in [-0.3, -0.25) is 9.59 Å². The van der Waals surface area contributed by atoms with Crippen LogP contribution in [0.2, 0.25) is 0 Å². The molecule has 2 amide bonds. The fourth-order valence-electron chi connectivity index (χ4n) is 2.43. The van der Waals surface area contributed by atoms with Crippen LogP contribution in [0.1, 0.15) is 36.5 Å². The van der Waals surface area contributed by atoms with E-state index in [1.165, 1.54) is 7.11 Å². The number of rotatable bonds is 8. The van der Waals surface area contributed by atoms with Crippen LogP contribution >= 0.6 is 15.9 Å². The second-order valence-electron chi connectivity index (χ2n) is 5.87. The molecule has 0 unspecified atom stereocenters. The summed E-state index contributed by atoms with van der Waals surface area (Å²) < 4.78 is 11.2. The fourth-order valence-corrected chi connectivity index (χ4v) is 2.97. The molecule has 0 aliphatic heterocycles. The molecule has 0 aromatic heterocycles. The van der Waals surface area contributed by atoms with Gasteiger partial charge in [-0.15, -0.1) is 0 Å². The van der Waals surface area contributed by atoms with Gasteiger partial charge in [0.25, 0.3) is 5.91 Å². The zero-order valence-electron chi connectivity index (χ0n) is 15.6. The SMILES string of the molecule is CCCCC(=O)Nc1ccc(NC(=O)c2ccc(OC)c(Br)c2)cc1OC. The maximum Gasteiger partial charge on any atom is 0.255 e. The van der Waals surface area contributed by atoms with E-state index >= 15 is 0 Å². The summed E-state index contributed by atoms with van der Waals surface area (Å²) in [5, 5.41) is 5.65. The molecule has 0 fully saturated rings. The molecular weight excluding hydrogens is 412 g/mol. The van der Waals surface area contributed by atoms with Crippen molar-refractivity contribution in [2.24, 2.45) is 0 Å². The third kappa shape index (κ3) is 5.72. The van der Waals surface area contributed by atoms with Crippen molar-refractivity contribution in [1.29, 1.82) is 0 Å². The summed E-state index contributed by atoms with van der Waals surface area (Å²) in [6.07, 6.45) is 2.25. The smallest absolute Gasteiger partial charge is 0.255 e. The van der Waals surface area contributed by atoms with Crippen LogP contribution in [-0.2, 0) is 4.79 Å². The maximum atomic E-state index is 12.5. The molecule has 2 aromatic rings. The number of amides is 2. The fraction of sp³-hybridized carbons (Fsp3) is 0.300. The Balaban J connectivity index is 2.11. The van der Waals surface area contributed by atoms with Crippen molar-refractivity contribution in [3.8, 4) is 11.5 Å². The lowest BCUT2D eigenvalue weighted by molar-refractivity contribution is -0.116. The quantitative estimate of drug-likeness (QED) is 0.622. The van der Waals surface area contributed by atoms with Crippen molar-refractivity contribution in [3.05, 3.63) is 46.4 Å². The van der Waals surface area contributed by atoms with E-state index in [0.29, 0.717) is 39.3 Å². The van der Waals surface area contributed by atoms with Crippen molar-refractivity contribution >= 4 is 39.1 Å². The number of hydrogen-bond acceptors (Lipinski definition) is 4. The van der Waals surface area contributed by atoms with E-state index in [0.717, 1.165) is 12.8 Å². The monoisotopic (exact) mass is 434 g/mol. The van der Waals surface area contributed by atoms with Crippen LogP contribution in [0.3, 0.4) is 0 Å². The second-order valence-corrected chi connectivity index (χ2v) is 6.72. The highest BCUT2D eigenvalue weighted by Crippen LogP contribution is 2.29. The van der Waals surface area contributed by atoms with Crippen LogP contribution in [0, 0.1) is 0 Å². The Morgan fingerprint density at radius 2 is 1.74 bits per heavy atom. The molecule has 7 heteroatoms. The van der Waals surface area contributed by atoms with Crippen LogP contribution in [0.4, 0.5) is 11.4 Å². The Morgan fingerprint density at radius 3 is 2.37 bits per heavy atom. The first kappa shape index (κ1) is 20.8. The van der Waals surface area contributed by atoms with E-state index in [2.05, 4.69) is 26.6 Å². The number of nitrogens with one attached hydrogen (secondary N) is 2. The van der Waals surface area contributed by atoms with Gasteiger partial charge in [0.1, 0.15) is 11.5 Å². The van der Waals surface area contributed by atoms with Crippen molar-refractivity contribution in [2.45, 2.75) is 26.2 Å². The van der Waals surface area contributed by atoms with E-state index in [1.54, 1.807) is 43.5 Å². The molecule has 0 spiro atoms. The second kappa shape index (κ2) is 9.97. The molecular formula is C20H23BrN2O4. The average Bonchev–Trinajstić information content (AvgIpc) is 2.67. The molecule has 0 heterocycles. The molecule has 0 saturated carbocycles. The van der Waals surface area contributed by atoms with Crippen LogP contribution in [-0.4, -0.2) is 26.0 Å². The van der Waals surface area contributed by atoms with Gasteiger partial charge in [0.05, 0.1) is 24.4 Å². The Bertz CT molecular complexity index is 824. The lowest BCUT2D eigenvalue weighted by Gasteiger charge is -2.13. The number of unbranched alkanes of at least 4 members (excludes halogenated alkanes) is 1. The van der Waals surface area contributed by atoms with Crippen LogP contribution in [0.25, 0.3) is 0 Å². The summed E-state index contributed by atoms with van der Waals surface area (Å²) in [4.78, 5) is 24.4. The molecule has 0 aliphatic carbocycles. The molecule has 0 radical (unpaired) electrons. The molecule has 0 saturated heterocycles. The summed E-state index contributed by atoms with van der Waals surface area (Å²) in [7, 11) is 3.08. The van der Waals surface area contributed by atoms with Crippen molar-refractivity contribution < 1.29 is 19.1 Å². The highest BCUT2D eigenvalue weighted by atomic mass is 79.9. The number of halogens is 1. The summed E-state index contributed by atoms with van der Waals surface area (Å²) in [5.74, 6) is 0.806. The van der Waals surface area contributed by atoms with E-state index < -0.39 is 0 Å². The lowest BCUT2D eigenvalue weighted by atomic mass is 10.2. The van der Waals surface area contributed by atoms with Gasteiger partial charge in [0.15, 0.2) is 0 Å². The van der Waals surface area contributed by atoms with Gasteiger partial charge in [-0.2, -0.15) is 0 Å². The van der Waals surface area contributed by atoms with E-state index in [9.17, 15) is 9.59 Å². The Hall–Kier alpha value is -2.54. The number of anilines is 2. The van der Waals surface area contributed by atoms with E-state index in [-0.39, 0.29) is 11.8 Å². The number of hydrogen-bond donors (Lipinski definition) is 2. The topological polar surface area (TPSA) is 76.7 Å². The van der Waals surface area contributed by atoms with Crippen LogP contribution in [0.5, 0.6) is 11.5 Å². The minimum Gasteiger partial charge on any atom is -0.496 e. The average molecular weight is 435 g/mol. The first-order valence-corrected chi connectivity index (χ1v) is 9.40. The number of carbonyl (C=O) groups is 2. The molecule has 0 aliphatic rings. The lowest BCUT2D eigenvalue weighted by Crippen LogP contribution is -2.14. The molecule has 0 bridgehead atoms. The number of methoxy groups -OCH3 is 2. The van der Waals surface area contributed by atoms with Gasteiger partial charge in [-0.25, -0.2) is 0 Å².